The maximum absolute atomic E-state index is 12.8. The summed E-state index contributed by atoms with van der Waals surface area (Å²) in [4.78, 5) is 37.0. The van der Waals surface area contributed by atoms with Gasteiger partial charge in [-0.1, -0.05) is 182 Å². The number of quaternary nitrogens is 1. The van der Waals surface area contributed by atoms with Crippen LogP contribution in [0.25, 0.3) is 0 Å². The molecule has 0 saturated heterocycles. The number of esters is 2. The van der Waals surface area contributed by atoms with E-state index < -0.39 is 18.1 Å². The van der Waals surface area contributed by atoms with E-state index in [9.17, 15) is 19.5 Å². The lowest BCUT2D eigenvalue weighted by Gasteiger charge is -2.34. The molecule has 0 saturated carbocycles. The van der Waals surface area contributed by atoms with Crippen molar-refractivity contribution in [2.75, 3.05) is 41.0 Å². The van der Waals surface area contributed by atoms with Crippen molar-refractivity contribution in [3.8, 4) is 0 Å². The van der Waals surface area contributed by atoms with Crippen LogP contribution in [-0.2, 0) is 28.6 Å². The first-order valence-corrected chi connectivity index (χ1v) is 23.8. The molecule has 0 fully saturated rings. The van der Waals surface area contributed by atoms with Gasteiger partial charge in [0, 0.05) is 19.3 Å². The number of nitrogens with zero attached hydrogens (tertiary/aromatic N) is 1. The van der Waals surface area contributed by atoms with Gasteiger partial charge in [0.2, 0.25) is 0 Å². The maximum atomic E-state index is 12.8. The minimum atomic E-state index is -1.13. The molecule has 0 aromatic rings. The Morgan fingerprint density at radius 3 is 1.51 bits per heavy atom. The Hall–Kier alpha value is -3.75. The van der Waals surface area contributed by atoms with Gasteiger partial charge >= 0.3 is 11.9 Å². The minimum absolute atomic E-state index is 0.0239. The Balaban J connectivity index is 4.38. The second-order valence-corrected chi connectivity index (χ2v) is 16.7. The predicted molar refractivity (Wildman–Crippen MR) is 254 cm³/mol. The average molecular weight is 850 g/mol. The standard InChI is InChI=1S/C53H87NO7/c1-6-8-10-12-14-16-18-20-22-24-26-28-30-32-34-36-38-40-42-44-52(56)61-49(47-59-46-45-50(53(57)58)54(3,4)5)48-60-51(55)43-41-39-37-35-33-31-29-27-25-23-21-19-17-15-13-11-9-7-2/h8,10-11,13-17,19-23,25,27,29,49-50H,6-7,9,12,18,24,26,28,30-48H2,1-5H3/b10-8+,13-11+,16-14+,17-15+,21-19+,22-20+,25-23+,29-27+. The number of hydrogen-bond donors (Lipinski definition) is 0. The third-order valence-corrected chi connectivity index (χ3v) is 10.1. The van der Waals surface area contributed by atoms with E-state index in [4.69, 9.17) is 14.2 Å². The highest BCUT2D eigenvalue weighted by atomic mass is 16.6. The molecule has 346 valence electrons. The van der Waals surface area contributed by atoms with Gasteiger partial charge in [-0.05, 0) is 64.2 Å². The molecule has 0 bridgehead atoms. The summed E-state index contributed by atoms with van der Waals surface area (Å²) < 4.78 is 17.2. The number of carbonyl (C=O) groups excluding carboxylic acids is 3. The van der Waals surface area contributed by atoms with Gasteiger partial charge in [0.05, 0.1) is 40.3 Å². The van der Waals surface area contributed by atoms with Crippen LogP contribution in [0.15, 0.2) is 97.2 Å². The SMILES string of the molecule is CC/C=C/C/C=C/C/C=C/CCCCCCCCCCCC(=O)OC(COCCC(C(=O)[O-])[N+](C)(C)C)COC(=O)CCCCCCC/C=C/C=C/C=C/C=C/C=C/CCC. The molecule has 0 rings (SSSR count). The molecular weight excluding hydrogens is 763 g/mol. The van der Waals surface area contributed by atoms with Crippen LogP contribution in [0.1, 0.15) is 168 Å². The zero-order valence-corrected chi connectivity index (χ0v) is 39.3. The van der Waals surface area contributed by atoms with Gasteiger partial charge < -0.3 is 28.6 Å². The van der Waals surface area contributed by atoms with E-state index in [1.165, 1.54) is 44.9 Å². The highest BCUT2D eigenvalue weighted by Gasteiger charge is 2.25. The van der Waals surface area contributed by atoms with E-state index >= 15 is 0 Å². The molecule has 0 amide bonds. The summed E-state index contributed by atoms with van der Waals surface area (Å²) >= 11 is 0. The van der Waals surface area contributed by atoms with Gasteiger partial charge in [0.25, 0.3) is 0 Å². The third kappa shape index (κ3) is 41.4. The van der Waals surface area contributed by atoms with Crippen LogP contribution in [0, 0.1) is 0 Å². The van der Waals surface area contributed by atoms with Crippen molar-refractivity contribution in [3.05, 3.63) is 97.2 Å². The van der Waals surface area contributed by atoms with Crippen LogP contribution in [0.2, 0.25) is 0 Å². The minimum Gasteiger partial charge on any atom is -0.544 e. The quantitative estimate of drug-likeness (QED) is 0.0198. The van der Waals surface area contributed by atoms with Crippen LogP contribution < -0.4 is 5.11 Å². The number of aliphatic carboxylic acids is 1. The van der Waals surface area contributed by atoms with Crippen LogP contribution >= 0.6 is 0 Å². The Labute approximate surface area is 373 Å². The van der Waals surface area contributed by atoms with Gasteiger partial charge in [0.1, 0.15) is 12.6 Å². The normalized spacial score (nSPS) is 13.8. The molecule has 8 heteroatoms. The smallest absolute Gasteiger partial charge is 0.306 e. The second-order valence-electron chi connectivity index (χ2n) is 16.7. The van der Waals surface area contributed by atoms with Crippen LogP contribution in [0.3, 0.4) is 0 Å². The van der Waals surface area contributed by atoms with Crippen molar-refractivity contribution in [2.24, 2.45) is 0 Å². The molecule has 8 nitrogen and oxygen atoms in total. The summed E-state index contributed by atoms with van der Waals surface area (Å²) in [6.07, 6.45) is 57.1. The fraction of sp³-hybridized carbons (Fsp3) is 0.642. The first kappa shape index (κ1) is 57.2. The lowest BCUT2D eigenvalue weighted by molar-refractivity contribution is -0.889. The number of carbonyl (C=O) groups is 3. The monoisotopic (exact) mass is 850 g/mol. The molecule has 0 aliphatic carbocycles. The molecule has 2 unspecified atom stereocenters. The van der Waals surface area contributed by atoms with Crippen molar-refractivity contribution in [2.45, 2.75) is 180 Å². The fourth-order valence-electron chi connectivity index (χ4n) is 6.41. The molecule has 0 spiro atoms. The number of rotatable bonds is 41. The van der Waals surface area contributed by atoms with Gasteiger partial charge in [-0.15, -0.1) is 0 Å². The molecule has 0 aromatic heterocycles. The van der Waals surface area contributed by atoms with Gasteiger partial charge in [-0.25, -0.2) is 0 Å². The molecule has 0 aliphatic heterocycles. The number of unbranched alkanes of at least 4 members (excludes halogenated alkanes) is 15. The second kappa shape index (κ2) is 42.9. The first-order valence-electron chi connectivity index (χ1n) is 23.8. The van der Waals surface area contributed by atoms with Crippen molar-refractivity contribution < 1.29 is 38.2 Å². The number of hydrogen-bond acceptors (Lipinski definition) is 7. The molecule has 0 N–H and O–H groups in total. The van der Waals surface area contributed by atoms with Crippen LogP contribution in [0.4, 0.5) is 0 Å². The number of ether oxygens (including phenoxy) is 3. The molecule has 0 aliphatic rings. The zero-order chi connectivity index (χ0) is 44.9. The Morgan fingerprint density at radius 2 is 0.984 bits per heavy atom. The summed E-state index contributed by atoms with van der Waals surface area (Å²) in [5.74, 6) is -1.79. The van der Waals surface area contributed by atoms with Gasteiger partial charge in [-0.3, -0.25) is 9.59 Å². The Morgan fingerprint density at radius 1 is 0.525 bits per heavy atom. The van der Waals surface area contributed by atoms with Crippen LogP contribution in [0.5, 0.6) is 0 Å². The van der Waals surface area contributed by atoms with E-state index in [1.807, 2.05) is 36.5 Å². The van der Waals surface area contributed by atoms with Crippen molar-refractivity contribution in [1.82, 2.24) is 0 Å². The summed E-state index contributed by atoms with van der Waals surface area (Å²) in [6, 6.07) is -0.737. The summed E-state index contributed by atoms with van der Waals surface area (Å²) in [5, 5.41) is 11.6. The topological polar surface area (TPSA) is 102 Å². The van der Waals surface area contributed by atoms with Crippen LogP contribution in [-0.4, -0.2) is 75.5 Å². The Bertz CT molecular complexity index is 1310. The summed E-state index contributed by atoms with van der Waals surface area (Å²) in [5.41, 5.74) is 0. The molecule has 0 aromatic carbocycles. The molecule has 0 radical (unpaired) electrons. The predicted octanol–water partition coefficient (Wildman–Crippen LogP) is 12.1. The molecule has 2 atom stereocenters. The molecule has 0 heterocycles. The van der Waals surface area contributed by atoms with Crippen molar-refractivity contribution >= 4 is 17.9 Å². The van der Waals surface area contributed by atoms with E-state index in [-0.39, 0.29) is 42.7 Å². The van der Waals surface area contributed by atoms with Gasteiger partial charge in [-0.2, -0.15) is 0 Å². The largest absolute Gasteiger partial charge is 0.544 e. The van der Waals surface area contributed by atoms with E-state index in [1.54, 1.807) is 21.1 Å². The number of carboxylic acids is 1. The molecule has 61 heavy (non-hydrogen) atoms. The van der Waals surface area contributed by atoms with E-state index in [2.05, 4.69) is 74.6 Å². The highest BCUT2D eigenvalue weighted by molar-refractivity contribution is 5.70. The van der Waals surface area contributed by atoms with Gasteiger partial charge in [0.15, 0.2) is 6.10 Å². The lowest BCUT2D eigenvalue weighted by Crippen LogP contribution is -2.55. The summed E-state index contributed by atoms with van der Waals surface area (Å²) in [6.45, 7) is 4.42. The number of likely N-dealkylation sites (N-methyl/N-ethyl adjacent to an activating group) is 1. The highest BCUT2D eigenvalue weighted by Crippen LogP contribution is 2.14. The number of allylic oxidation sites excluding steroid dienone is 16. The summed E-state index contributed by atoms with van der Waals surface area (Å²) in [7, 11) is 5.39. The van der Waals surface area contributed by atoms with E-state index in [0.717, 1.165) is 89.9 Å². The van der Waals surface area contributed by atoms with E-state index in [0.29, 0.717) is 12.8 Å². The third-order valence-electron chi connectivity index (χ3n) is 10.1. The first-order chi connectivity index (χ1) is 29.6. The maximum Gasteiger partial charge on any atom is 0.306 e. The molecular formula is C53H87NO7. The lowest BCUT2D eigenvalue weighted by atomic mass is 10.1. The zero-order valence-electron chi connectivity index (χ0n) is 39.3. The average Bonchev–Trinajstić information content (AvgIpc) is 3.22. The number of carboxylic acid groups (broad SMARTS) is 1. The van der Waals surface area contributed by atoms with Crippen molar-refractivity contribution in [3.63, 3.8) is 0 Å². The fourth-order valence-corrected chi connectivity index (χ4v) is 6.41. The Kier molecular flexibility index (Phi) is 40.3. The van der Waals surface area contributed by atoms with Crippen molar-refractivity contribution in [1.29, 1.82) is 0 Å².